The van der Waals surface area contributed by atoms with Crippen LogP contribution in [0.1, 0.15) is 26.7 Å². The topological polar surface area (TPSA) is 58.6 Å². The largest absolute Gasteiger partial charge is 0.394 e. The molecule has 0 radical (unpaired) electrons. The van der Waals surface area contributed by atoms with Gasteiger partial charge in [0.05, 0.1) is 12.7 Å². The molecule has 0 spiro atoms. The van der Waals surface area contributed by atoms with E-state index in [9.17, 15) is 4.79 Å². The molecular formula is C9H17NO3. The molecule has 1 saturated heterocycles. The summed E-state index contributed by atoms with van der Waals surface area (Å²) >= 11 is 0. The van der Waals surface area contributed by atoms with Crippen molar-refractivity contribution < 1.29 is 14.6 Å². The van der Waals surface area contributed by atoms with Crippen molar-refractivity contribution in [3.05, 3.63) is 0 Å². The fourth-order valence-corrected chi connectivity index (χ4v) is 1.38. The summed E-state index contributed by atoms with van der Waals surface area (Å²) < 4.78 is 5.37. The molecule has 0 aromatic carbocycles. The number of ether oxygens (including phenoxy) is 1. The highest BCUT2D eigenvalue weighted by Gasteiger charge is 2.28. The Balaban J connectivity index is 2.31. The second kappa shape index (κ2) is 4.58. The van der Waals surface area contributed by atoms with E-state index in [2.05, 4.69) is 5.32 Å². The Bertz CT molecular complexity index is 184. The Hall–Kier alpha value is -0.610. The van der Waals surface area contributed by atoms with E-state index in [-0.39, 0.29) is 30.8 Å². The molecule has 1 aliphatic heterocycles. The molecule has 0 aliphatic carbocycles. The molecular weight excluding hydrogens is 170 g/mol. The maximum absolute atomic E-state index is 11.4. The molecule has 4 heteroatoms. The van der Waals surface area contributed by atoms with E-state index < -0.39 is 0 Å². The molecule has 1 amide bonds. The third-order valence-electron chi connectivity index (χ3n) is 2.19. The van der Waals surface area contributed by atoms with Gasteiger partial charge in [-0.2, -0.15) is 0 Å². The lowest BCUT2D eigenvalue weighted by atomic mass is 10.2. The predicted octanol–water partition coefficient (Wildman–Crippen LogP) is 0.0509. The summed E-state index contributed by atoms with van der Waals surface area (Å²) in [6.45, 7) is 3.69. The molecule has 1 aliphatic rings. The van der Waals surface area contributed by atoms with Crippen molar-refractivity contribution in [1.29, 1.82) is 0 Å². The molecule has 2 N–H and O–H groups in total. The Morgan fingerprint density at radius 2 is 2.38 bits per heavy atom. The van der Waals surface area contributed by atoms with E-state index in [0.29, 0.717) is 0 Å². The van der Waals surface area contributed by atoms with Gasteiger partial charge in [-0.15, -0.1) is 0 Å². The van der Waals surface area contributed by atoms with E-state index in [4.69, 9.17) is 9.84 Å². The van der Waals surface area contributed by atoms with Crippen molar-refractivity contribution in [2.24, 2.45) is 0 Å². The number of hydrogen-bond donors (Lipinski definition) is 2. The number of carbonyl (C=O) groups excluding carboxylic acids is 1. The molecule has 0 bridgehead atoms. The van der Waals surface area contributed by atoms with Crippen molar-refractivity contribution in [3.63, 3.8) is 0 Å². The number of rotatable bonds is 3. The van der Waals surface area contributed by atoms with Crippen molar-refractivity contribution in [3.8, 4) is 0 Å². The van der Waals surface area contributed by atoms with Crippen LogP contribution in [-0.4, -0.2) is 35.9 Å². The summed E-state index contributed by atoms with van der Waals surface area (Å²) in [6, 6.07) is -0.188. The highest BCUT2D eigenvalue weighted by Crippen LogP contribution is 2.18. The normalized spacial score (nSPS) is 30.1. The molecule has 1 rings (SSSR count). The molecule has 1 fully saturated rings. The molecule has 76 valence electrons. The van der Waals surface area contributed by atoms with Gasteiger partial charge in [0, 0.05) is 6.04 Å². The van der Waals surface area contributed by atoms with Gasteiger partial charge in [-0.05, 0) is 26.7 Å². The van der Waals surface area contributed by atoms with Gasteiger partial charge in [0.1, 0.15) is 6.10 Å². The summed E-state index contributed by atoms with van der Waals surface area (Å²) in [5.41, 5.74) is 0. The summed E-state index contributed by atoms with van der Waals surface area (Å²) in [4.78, 5) is 11.4. The monoisotopic (exact) mass is 187 g/mol. The van der Waals surface area contributed by atoms with Crippen molar-refractivity contribution in [1.82, 2.24) is 5.32 Å². The van der Waals surface area contributed by atoms with E-state index in [0.717, 1.165) is 12.8 Å². The van der Waals surface area contributed by atoms with Gasteiger partial charge in [-0.1, -0.05) is 0 Å². The highest BCUT2D eigenvalue weighted by atomic mass is 16.5. The average Bonchev–Trinajstić information content (AvgIpc) is 2.51. The van der Waals surface area contributed by atoms with Crippen LogP contribution in [0.2, 0.25) is 0 Å². The number of hydrogen-bond acceptors (Lipinski definition) is 3. The van der Waals surface area contributed by atoms with Crippen LogP contribution in [0.4, 0.5) is 0 Å². The highest BCUT2D eigenvalue weighted by molar-refractivity contribution is 5.81. The van der Waals surface area contributed by atoms with Crippen LogP contribution in [-0.2, 0) is 9.53 Å². The van der Waals surface area contributed by atoms with Crippen LogP contribution in [0.15, 0.2) is 0 Å². The number of amides is 1. The Morgan fingerprint density at radius 3 is 2.85 bits per heavy atom. The minimum Gasteiger partial charge on any atom is -0.394 e. The van der Waals surface area contributed by atoms with E-state index in [1.54, 1.807) is 6.92 Å². The van der Waals surface area contributed by atoms with Gasteiger partial charge in [-0.25, -0.2) is 0 Å². The zero-order valence-electron chi connectivity index (χ0n) is 8.12. The number of aliphatic hydroxyl groups excluding tert-OH is 1. The summed E-state index contributed by atoms with van der Waals surface area (Å²) in [7, 11) is 0. The summed E-state index contributed by atoms with van der Waals surface area (Å²) in [5.74, 6) is -0.106. The fraction of sp³-hybridized carbons (Fsp3) is 0.889. The van der Waals surface area contributed by atoms with Crippen LogP contribution in [0.5, 0.6) is 0 Å². The molecule has 2 unspecified atom stereocenters. The van der Waals surface area contributed by atoms with Gasteiger partial charge in [0.2, 0.25) is 5.91 Å². The maximum atomic E-state index is 11.4. The summed E-state index contributed by atoms with van der Waals surface area (Å²) in [6.07, 6.45) is 1.58. The average molecular weight is 187 g/mol. The van der Waals surface area contributed by atoms with Gasteiger partial charge >= 0.3 is 0 Å². The van der Waals surface area contributed by atoms with E-state index in [1.165, 1.54) is 0 Å². The predicted molar refractivity (Wildman–Crippen MR) is 48.3 cm³/mol. The van der Waals surface area contributed by atoms with Gasteiger partial charge in [0.15, 0.2) is 0 Å². The Morgan fingerprint density at radius 1 is 1.69 bits per heavy atom. The SMILES string of the molecule is CC1CCC(C(=O)N[C@@H](C)CO)O1. The third kappa shape index (κ3) is 2.97. The zero-order chi connectivity index (χ0) is 9.84. The van der Waals surface area contributed by atoms with Gasteiger partial charge < -0.3 is 15.2 Å². The number of nitrogens with one attached hydrogen (secondary N) is 1. The Labute approximate surface area is 78.3 Å². The molecule has 4 nitrogen and oxygen atoms in total. The molecule has 1 heterocycles. The van der Waals surface area contributed by atoms with Crippen LogP contribution in [0.3, 0.4) is 0 Å². The van der Waals surface area contributed by atoms with Crippen LogP contribution >= 0.6 is 0 Å². The molecule has 0 aromatic heterocycles. The first-order valence-electron chi connectivity index (χ1n) is 4.70. The molecule has 3 atom stereocenters. The fourth-order valence-electron chi connectivity index (χ4n) is 1.38. The molecule has 13 heavy (non-hydrogen) atoms. The van der Waals surface area contributed by atoms with E-state index >= 15 is 0 Å². The lowest BCUT2D eigenvalue weighted by molar-refractivity contribution is -0.132. The summed E-state index contributed by atoms with van der Waals surface area (Å²) in [5, 5.41) is 11.4. The number of aliphatic hydroxyl groups is 1. The smallest absolute Gasteiger partial charge is 0.249 e. The number of carbonyl (C=O) groups is 1. The Kier molecular flexibility index (Phi) is 3.69. The maximum Gasteiger partial charge on any atom is 0.249 e. The first kappa shape index (κ1) is 10.5. The van der Waals surface area contributed by atoms with E-state index in [1.807, 2.05) is 6.92 Å². The third-order valence-corrected chi connectivity index (χ3v) is 2.19. The minimum atomic E-state index is -0.316. The van der Waals surface area contributed by atoms with Gasteiger partial charge in [-0.3, -0.25) is 4.79 Å². The quantitative estimate of drug-likeness (QED) is 0.656. The zero-order valence-corrected chi connectivity index (χ0v) is 8.12. The second-order valence-corrected chi connectivity index (χ2v) is 3.60. The lowest BCUT2D eigenvalue weighted by Gasteiger charge is -2.15. The molecule has 0 saturated carbocycles. The molecule has 0 aromatic rings. The lowest BCUT2D eigenvalue weighted by Crippen LogP contribution is -2.41. The van der Waals surface area contributed by atoms with Crippen molar-refractivity contribution in [2.75, 3.05) is 6.61 Å². The minimum absolute atomic E-state index is 0.0337. The van der Waals surface area contributed by atoms with Crippen LogP contribution < -0.4 is 5.32 Å². The first-order valence-corrected chi connectivity index (χ1v) is 4.70. The van der Waals surface area contributed by atoms with Crippen LogP contribution in [0.25, 0.3) is 0 Å². The van der Waals surface area contributed by atoms with Gasteiger partial charge in [0.25, 0.3) is 0 Å². The first-order chi connectivity index (χ1) is 6.13. The van der Waals surface area contributed by atoms with Crippen molar-refractivity contribution in [2.45, 2.75) is 44.9 Å². The van der Waals surface area contributed by atoms with Crippen molar-refractivity contribution >= 4 is 5.91 Å². The standard InChI is InChI=1S/C9H17NO3/c1-6(5-11)10-9(12)8-4-3-7(2)13-8/h6-8,11H,3-5H2,1-2H3,(H,10,12)/t6-,7?,8?/m0/s1. The second-order valence-electron chi connectivity index (χ2n) is 3.60. The van der Waals surface area contributed by atoms with Crippen LogP contribution in [0, 0.1) is 0 Å².